The van der Waals surface area contributed by atoms with E-state index in [1.807, 2.05) is 22.7 Å². The van der Waals surface area contributed by atoms with Crippen LogP contribution in [0.1, 0.15) is 29.0 Å². The normalized spacial score (nSPS) is 15.9. The van der Waals surface area contributed by atoms with E-state index in [1.165, 1.54) is 84.5 Å². The Kier molecular flexibility index (Phi) is 7.45. The monoisotopic (exact) mass is 766 g/mol. The molecule has 0 saturated carbocycles. The van der Waals surface area contributed by atoms with Gasteiger partial charge in [-0.3, -0.25) is 5.32 Å². The third kappa shape index (κ3) is 5.26. The smallest absolute Gasteiger partial charge is 0.133 e. The average Bonchev–Trinajstić information content (AvgIpc) is 3.96. The number of hydrogen-bond acceptors (Lipinski definition) is 5. The molecule has 0 bridgehead atoms. The van der Waals surface area contributed by atoms with Crippen molar-refractivity contribution in [3.63, 3.8) is 0 Å². The van der Waals surface area contributed by atoms with Gasteiger partial charge in [-0.25, -0.2) is 4.99 Å². The number of nitrogens with zero attached hydrogens (tertiary/aromatic N) is 2. The minimum atomic E-state index is -0.177. The number of nitrogens with one attached hydrogen (secondary N) is 2. The Balaban J connectivity index is 0.963. The van der Waals surface area contributed by atoms with E-state index in [0.717, 1.165) is 17.0 Å². The highest BCUT2D eigenvalue weighted by Gasteiger charge is 2.27. The fraction of sp³-hybridized carbons (Fsp3) is 0.0392. The molecule has 0 amide bonds. The number of benzene rings is 8. The van der Waals surface area contributed by atoms with E-state index in [0.29, 0.717) is 0 Å². The molecule has 8 aromatic carbocycles. The van der Waals surface area contributed by atoms with Gasteiger partial charge < -0.3 is 9.88 Å². The van der Waals surface area contributed by atoms with Crippen molar-refractivity contribution >= 4 is 90.7 Å². The van der Waals surface area contributed by atoms with E-state index in [-0.39, 0.29) is 12.3 Å². The highest BCUT2D eigenvalue weighted by Crippen LogP contribution is 2.44. The summed E-state index contributed by atoms with van der Waals surface area (Å²) in [5.41, 5.74) is 9.61. The molecule has 2 N–H and O–H groups in total. The topological polar surface area (TPSA) is 41.4 Å². The number of fused-ring (bicyclic) bond motifs is 9. The van der Waals surface area contributed by atoms with E-state index >= 15 is 0 Å². The lowest BCUT2D eigenvalue weighted by atomic mass is 10.0. The van der Waals surface area contributed by atoms with Crippen molar-refractivity contribution < 1.29 is 0 Å². The molecular formula is C51H34N4S2. The molecule has 12 rings (SSSR count). The van der Waals surface area contributed by atoms with Gasteiger partial charge in [0.2, 0.25) is 0 Å². The van der Waals surface area contributed by atoms with E-state index in [2.05, 4.69) is 197 Å². The predicted octanol–water partition coefficient (Wildman–Crippen LogP) is 13.5. The maximum Gasteiger partial charge on any atom is 0.133 e. The third-order valence-corrected chi connectivity index (χ3v) is 13.9. The van der Waals surface area contributed by atoms with Gasteiger partial charge in [-0.1, -0.05) is 146 Å². The Hall–Kier alpha value is -6.57. The van der Waals surface area contributed by atoms with E-state index in [4.69, 9.17) is 4.99 Å². The Labute approximate surface area is 337 Å². The summed E-state index contributed by atoms with van der Waals surface area (Å²) in [6.45, 7) is 0. The zero-order valence-electron chi connectivity index (χ0n) is 30.7. The molecule has 11 aromatic rings. The lowest BCUT2D eigenvalue weighted by Crippen LogP contribution is -2.44. The molecule has 0 radical (unpaired) electrons. The van der Waals surface area contributed by atoms with Crippen molar-refractivity contribution in [3.05, 3.63) is 199 Å². The number of para-hydroxylation sites is 2. The van der Waals surface area contributed by atoms with Crippen molar-refractivity contribution in [3.8, 4) is 16.8 Å². The summed E-state index contributed by atoms with van der Waals surface area (Å²) in [6.07, 6.45) is -0.260. The summed E-state index contributed by atoms with van der Waals surface area (Å²) in [5, 5.41) is 15.2. The molecule has 0 aliphatic carbocycles. The molecule has 270 valence electrons. The SMILES string of the molecule is c1ccc(C2N=C(c3cccc4c3sc3cc(-c5cccc6c5sc5cc(-n7c8ccccc8c8ccccc87)ccc56)ccc34)NC(c3ccccc3)N2)cc1. The van der Waals surface area contributed by atoms with Crippen molar-refractivity contribution in [1.82, 2.24) is 15.2 Å². The second-order valence-electron chi connectivity index (χ2n) is 14.8. The van der Waals surface area contributed by atoms with Gasteiger partial charge in [-0.05, 0) is 58.7 Å². The van der Waals surface area contributed by atoms with Crippen LogP contribution in [0.5, 0.6) is 0 Å². The van der Waals surface area contributed by atoms with Gasteiger partial charge in [0.1, 0.15) is 18.2 Å². The van der Waals surface area contributed by atoms with Crippen LogP contribution in [0.15, 0.2) is 187 Å². The van der Waals surface area contributed by atoms with Gasteiger partial charge in [-0.15, -0.1) is 22.7 Å². The van der Waals surface area contributed by atoms with Gasteiger partial charge in [0.15, 0.2) is 0 Å². The zero-order valence-corrected chi connectivity index (χ0v) is 32.3. The minimum Gasteiger partial charge on any atom is -0.350 e. The van der Waals surface area contributed by atoms with Gasteiger partial charge in [0, 0.05) is 62.4 Å². The Morgan fingerprint density at radius 1 is 0.456 bits per heavy atom. The van der Waals surface area contributed by atoms with Crippen LogP contribution in [0, 0.1) is 0 Å². The Morgan fingerprint density at radius 2 is 1.02 bits per heavy atom. The summed E-state index contributed by atoms with van der Waals surface area (Å²) in [7, 11) is 0. The summed E-state index contributed by atoms with van der Waals surface area (Å²) in [5.74, 6) is 0.907. The highest BCUT2D eigenvalue weighted by atomic mass is 32.1. The van der Waals surface area contributed by atoms with Crippen LogP contribution in [0.4, 0.5) is 0 Å². The first-order valence-corrected chi connectivity index (χ1v) is 21.0. The lowest BCUT2D eigenvalue weighted by molar-refractivity contribution is 0.409. The first kappa shape index (κ1) is 32.7. The van der Waals surface area contributed by atoms with Gasteiger partial charge in [0.25, 0.3) is 0 Å². The fourth-order valence-corrected chi connectivity index (χ4v) is 11.4. The maximum absolute atomic E-state index is 5.29. The van der Waals surface area contributed by atoms with Crippen LogP contribution < -0.4 is 10.6 Å². The lowest BCUT2D eigenvalue weighted by Gasteiger charge is -2.32. The number of hydrogen-bond donors (Lipinski definition) is 2. The molecule has 4 nitrogen and oxygen atoms in total. The molecule has 0 saturated heterocycles. The number of aliphatic imine (C=N–C) groups is 1. The van der Waals surface area contributed by atoms with E-state index in [1.54, 1.807) is 0 Å². The maximum atomic E-state index is 5.29. The number of amidine groups is 1. The van der Waals surface area contributed by atoms with Gasteiger partial charge in [0.05, 0.1) is 11.0 Å². The number of aromatic nitrogens is 1. The first-order valence-electron chi connectivity index (χ1n) is 19.4. The minimum absolute atomic E-state index is 0.0833. The molecule has 6 heteroatoms. The van der Waals surface area contributed by atoms with Crippen molar-refractivity contribution in [2.24, 2.45) is 4.99 Å². The standard InChI is InChI=1S/C51H34N4S2/c1-3-13-31(14-4-1)49-52-50(32-15-5-2-6-16-32)54-51(53-49)42-22-12-21-41-38-27-25-33(29-45(38)56-48(41)42)35-19-11-20-40-39-28-26-34(30-46(39)57-47(35)40)55-43-23-9-7-17-36(43)37-18-8-10-24-44(37)55/h1-30,49-50,52H,(H,53,54). The summed E-state index contributed by atoms with van der Waals surface area (Å²) < 4.78 is 7.54. The van der Waals surface area contributed by atoms with Crippen LogP contribution >= 0.6 is 22.7 Å². The molecular weight excluding hydrogens is 733 g/mol. The average molecular weight is 767 g/mol. The largest absolute Gasteiger partial charge is 0.350 e. The quantitative estimate of drug-likeness (QED) is 0.183. The molecule has 1 aliphatic rings. The molecule has 0 spiro atoms. The third-order valence-electron chi connectivity index (χ3n) is 11.5. The van der Waals surface area contributed by atoms with Crippen LogP contribution in [-0.4, -0.2) is 10.4 Å². The van der Waals surface area contributed by atoms with Crippen molar-refractivity contribution in [2.45, 2.75) is 12.3 Å². The molecule has 2 atom stereocenters. The second-order valence-corrected chi connectivity index (χ2v) is 16.9. The van der Waals surface area contributed by atoms with Crippen LogP contribution in [-0.2, 0) is 0 Å². The summed E-state index contributed by atoms with van der Waals surface area (Å²) in [6, 6.07) is 66.0. The number of rotatable bonds is 5. The molecule has 2 unspecified atom stereocenters. The van der Waals surface area contributed by atoms with Gasteiger partial charge >= 0.3 is 0 Å². The van der Waals surface area contributed by atoms with Crippen LogP contribution in [0.2, 0.25) is 0 Å². The van der Waals surface area contributed by atoms with Crippen LogP contribution in [0.25, 0.3) is 79.0 Å². The Bertz CT molecular complexity index is 3320. The molecule has 57 heavy (non-hydrogen) atoms. The van der Waals surface area contributed by atoms with E-state index < -0.39 is 0 Å². The van der Waals surface area contributed by atoms with Crippen LogP contribution in [0.3, 0.4) is 0 Å². The number of thiophene rings is 2. The second kappa shape index (κ2) is 13.0. The molecule has 1 aliphatic heterocycles. The fourth-order valence-electron chi connectivity index (χ4n) is 8.82. The van der Waals surface area contributed by atoms with Crippen molar-refractivity contribution in [2.75, 3.05) is 0 Å². The Morgan fingerprint density at radius 3 is 1.72 bits per heavy atom. The molecule has 0 fully saturated rings. The zero-order chi connectivity index (χ0) is 37.5. The first-order chi connectivity index (χ1) is 28.2. The molecule has 4 heterocycles. The summed E-state index contributed by atoms with van der Waals surface area (Å²) in [4.78, 5) is 5.29. The van der Waals surface area contributed by atoms with Crippen molar-refractivity contribution in [1.29, 1.82) is 0 Å². The summed E-state index contributed by atoms with van der Waals surface area (Å²) >= 11 is 3.75. The van der Waals surface area contributed by atoms with Gasteiger partial charge in [-0.2, -0.15) is 0 Å². The predicted molar refractivity (Wildman–Crippen MR) is 243 cm³/mol. The highest BCUT2D eigenvalue weighted by molar-refractivity contribution is 7.26. The van der Waals surface area contributed by atoms with E-state index in [9.17, 15) is 0 Å². The molecule has 3 aromatic heterocycles.